The molecule has 1 aromatic heterocycles. The highest BCUT2D eigenvalue weighted by Crippen LogP contribution is 2.28. The van der Waals surface area contributed by atoms with Crippen molar-refractivity contribution in [1.82, 2.24) is 4.98 Å². The molecule has 0 aliphatic rings. The van der Waals surface area contributed by atoms with Crippen LogP contribution in [0.3, 0.4) is 0 Å². The number of non-ortho nitro benzene ring substituents is 1. The summed E-state index contributed by atoms with van der Waals surface area (Å²) in [5.74, 6) is 0.240. The van der Waals surface area contributed by atoms with Crippen molar-refractivity contribution in [2.24, 2.45) is 21.5 Å². The van der Waals surface area contributed by atoms with Gasteiger partial charge in [-0.25, -0.2) is 4.98 Å². The zero-order valence-corrected chi connectivity index (χ0v) is 15.2. The Hall–Kier alpha value is -3.59. The normalized spacial score (nSPS) is 12.2. The van der Waals surface area contributed by atoms with Gasteiger partial charge >= 0.3 is 0 Å². The Kier molecular flexibility index (Phi) is 5.23. The third-order valence-electron chi connectivity index (χ3n) is 3.60. The Morgan fingerprint density at radius 3 is 2.70 bits per heavy atom. The molecule has 0 aliphatic heterocycles. The molecule has 8 nitrogen and oxygen atoms in total. The van der Waals surface area contributed by atoms with E-state index in [2.05, 4.69) is 15.0 Å². The number of rotatable bonds is 4. The van der Waals surface area contributed by atoms with Crippen LogP contribution in [0.2, 0.25) is 0 Å². The van der Waals surface area contributed by atoms with Gasteiger partial charge < -0.3 is 11.5 Å². The molecule has 3 aromatic rings. The van der Waals surface area contributed by atoms with Crippen molar-refractivity contribution in [3.8, 4) is 11.3 Å². The van der Waals surface area contributed by atoms with Crippen molar-refractivity contribution < 1.29 is 4.92 Å². The average molecular weight is 380 g/mol. The maximum atomic E-state index is 10.9. The van der Waals surface area contributed by atoms with E-state index < -0.39 is 4.92 Å². The number of nitro groups is 1. The van der Waals surface area contributed by atoms with Crippen LogP contribution in [0.4, 0.5) is 10.8 Å². The Morgan fingerprint density at radius 2 is 1.96 bits per heavy atom. The zero-order valence-electron chi connectivity index (χ0n) is 14.4. The molecule has 27 heavy (non-hydrogen) atoms. The van der Waals surface area contributed by atoms with Gasteiger partial charge in [0.2, 0.25) is 11.1 Å². The summed E-state index contributed by atoms with van der Waals surface area (Å²) < 4.78 is 0. The minimum Gasteiger partial charge on any atom is -0.383 e. The van der Waals surface area contributed by atoms with E-state index in [1.54, 1.807) is 17.5 Å². The largest absolute Gasteiger partial charge is 0.383 e. The van der Waals surface area contributed by atoms with Crippen LogP contribution in [0.5, 0.6) is 0 Å². The molecular formula is C18H16N6O2S. The maximum Gasteiger partial charge on any atom is 0.270 e. The van der Waals surface area contributed by atoms with Gasteiger partial charge in [0, 0.05) is 28.6 Å². The fraction of sp³-hybridized carbons (Fsp3) is 0.0556. The lowest BCUT2D eigenvalue weighted by atomic mass is 10.1. The SMILES string of the molecule is Cc1cccc(/C(N)=N/C(N)=N/c2nc(-c3cccc([N+](=O)[O-])c3)cs2)c1. The predicted octanol–water partition coefficient (Wildman–Crippen LogP) is 3.38. The van der Waals surface area contributed by atoms with Crippen LogP contribution in [-0.4, -0.2) is 21.7 Å². The minimum atomic E-state index is -0.449. The predicted molar refractivity (Wildman–Crippen MR) is 107 cm³/mol. The summed E-state index contributed by atoms with van der Waals surface area (Å²) in [6, 6.07) is 13.8. The van der Waals surface area contributed by atoms with E-state index in [0.717, 1.165) is 11.1 Å². The van der Waals surface area contributed by atoms with Gasteiger partial charge in [-0.2, -0.15) is 9.98 Å². The molecule has 0 radical (unpaired) electrons. The second-order valence-corrected chi connectivity index (χ2v) is 6.50. The Morgan fingerprint density at radius 1 is 1.19 bits per heavy atom. The maximum absolute atomic E-state index is 10.9. The van der Waals surface area contributed by atoms with Crippen molar-refractivity contribution >= 4 is 34.0 Å². The van der Waals surface area contributed by atoms with Crippen molar-refractivity contribution in [2.75, 3.05) is 0 Å². The Labute approximate surface area is 159 Å². The smallest absolute Gasteiger partial charge is 0.270 e. The number of amidine groups is 1. The standard InChI is InChI=1S/C18H16N6O2S/c1-11-4-2-6-13(8-11)16(19)22-17(20)23-18-21-15(10-27-18)12-5-3-7-14(9-12)24(25)26/h2-10H,1H3,(H4,19,20,21,22,23). The van der Waals surface area contributed by atoms with E-state index in [1.807, 2.05) is 31.2 Å². The molecule has 2 aromatic carbocycles. The lowest BCUT2D eigenvalue weighted by Crippen LogP contribution is -2.19. The number of aliphatic imine (C=N–C) groups is 2. The fourth-order valence-electron chi connectivity index (χ4n) is 2.34. The van der Waals surface area contributed by atoms with Gasteiger partial charge in [0.25, 0.3) is 5.69 Å². The summed E-state index contributed by atoms with van der Waals surface area (Å²) in [5, 5.41) is 13.0. The summed E-state index contributed by atoms with van der Waals surface area (Å²) in [4.78, 5) is 23.0. The molecule has 0 saturated carbocycles. The molecule has 4 N–H and O–H groups in total. The van der Waals surface area contributed by atoms with Crippen LogP contribution in [0, 0.1) is 17.0 Å². The third kappa shape index (κ3) is 4.53. The van der Waals surface area contributed by atoms with Gasteiger partial charge in [0.05, 0.1) is 10.6 Å². The number of nitro benzene ring substituents is 1. The fourth-order valence-corrected chi connectivity index (χ4v) is 3.05. The zero-order chi connectivity index (χ0) is 19.4. The number of benzene rings is 2. The number of nitrogens with zero attached hydrogens (tertiary/aromatic N) is 4. The van der Waals surface area contributed by atoms with Crippen LogP contribution in [-0.2, 0) is 0 Å². The van der Waals surface area contributed by atoms with Crippen LogP contribution >= 0.6 is 11.3 Å². The summed E-state index contributed by atoms with van der Waals surface area (Å²) in [7, 11) is 0. The van der Waals surface area contributed by atoms with E-state index in [-0.39, 0.29) is 17.5 Å². The second kappa shape index (κ2) is 7.75. The van der Waals surface area contributed by atoms with Crippen molar-refractivity contribution in [3.63, 3.8) is 0 Å². The van der Waals surface area contributed by atoms with E-state index >= 15 is 0 Å². The average Bonchev–Trinajstić information content (AvgIpc) is 3.10. The van der Waals surface area contributed by atoms with Gasteiger partial charge in [-0.1, -0.05) is 35.9 Å². The first-order valence-electron chi connectivity index (χ1n) is 7.88. The number of aryl methyl sites for hydroxylation is 1. The number of guanidine groups is 1. The lowest BCUT2D eigenvalue weighted by molar-refractivity contribution is -0.384. The molecule has 0 bridgehead atoms. The number of hydrogen-bond acceptors (Lipinski definition) is 5. The molecule has 136 valence electrons. The molecule has 0 saturated heterocycles. The Bertz CT molecular complexity index is 1060. The molecule has 0 unspecified atom stereocenters. The molecule has 9 heteroatoms. The molecule has 0 spiro atoms. The first-order valence-corrected chi connectivity index (χ1v) is 8.76. The molecule has 3 rings (SSSR count). The number of nitrogens with two attached hydrogens (primary N) is 2. The van der Waals surface area contributed by atoms with Gasteiger partial charge in [0.1, 0.15) is 5.84 Å². The van der Waals surface area contributed by atoms with Crippen LogP contribution < -0.4 is 11.5 Å². The van der Waals surface area contributed by atoms with Gasteiger partial charge in [-0.3, -0.25) is 10.1 Å². The molecule has 0 fully saturated rings. The van der Waals surface area contributed by atoms with Crippen molar-refractivity contribution in [2.45, 2.75) is 6.92 Å². The first kappa shape index (κ1) is 18.2. The van der Waals surface area contributed by atoms with E-state index in [4.69, 9.17) is 11.5 Å². The van der Waals surface area contributed by atoms with Crippen molar-refractivity contribution in [1.29, 1.82) is 0 Å². The molecule has 0 atom stereocenters. The van der Waals surface area contributed by atoms with E-state index in [9.17, 15) is 10.1 Å². The monoisotopic (exact) mass is 380 g/mol. The van der Waals surface area contributed by atoms with Crippen LogP contribution in [0.15, 0.2) is 63.9 Å². The van der Waals surface area contributed by atoms with Crippen molar-refractivity contribution in [3.05, 3.63) is 75.2 Å². The van der Waals surface area contributed by atoms with E-state index in [0.29, 0.717) is 16.4 Å². The summed E-state index contributed by atoms with van der Waals surface area (Å²) in [6.07, 6.45) is 0. The highest BCUT2D eigenvalue weighted by Gasteiger charge is 2.10. The molecular weight excluding hydrogens is 364 g/mol. The molecule has 0 aliphatic carbocycles. The van der Waals surface area contributed by atoms with Gasteiger partial charge in [-0.15, -0.1) is 11.3 Å². The van der Waals surface area contributed by atoms with Gasteiger partial charge in [-0.05, 0) is 13.0 Å². The summed E-state index contributed by atoms with van der Waals surface area (Å²) in [6.45, 7) is 1.96. The third-order valence-corrected chi connectivity index (χ3v) is 4.34. The minimum absolute atomic E-state index is 0.000549. The Balaban J connectivity index is 1.83. The highest BCUT2D eigenvalue weighted by molar-refractivity contribution is 7.13. The number of thiazole rings is 1. The van der Waals surface area contributed by atoms with E-state index in [1.165, 1.54) is 23.5 Å². The van der Waals surface area contributed by atoms with Crippen LogP contribution in [0.25, 0.3) is 11.3 Å². The molecule has 1 heterocycles. The lowest BCUT2D eigenvalue weighted by Gasteiger charge is -2.01. The quantitative estimate of drug-likeness (QED) is 0.310. The number of hydrogen-bond donors (Lipinski definition) is 2. The number of aromatic nitrogens is 1. The second-order valence-electron chi connectivity index (χ2n) is 5.66. The van der Waals surface area contributed by atoms with Crippen LogP contribution in [0.1, 0.15) is 11.1 Å². The highest BCUT2D eigenvalue weighted by atomic mass is 32.1. The summed E-state index contributed by atoms with van der Waals surface area (Å²) >= 11 is 1.25. The molecule has 0 amide bonds. The summed E-state index contributed by atoms with van der Waals surface area (Å²) in [5.41, 5.74) is 14.8. The first-order chi connectivity index (χ1) is 12.9. The van der Waals surface area contributed by atoms with Gasteiger partial charge in [0.15, 0.2) is 0 Å². The topological polar surface area (TPSA) is 133 Å².